The fourth-order valence-electron chi connectivity index (χ4n) is 2.76. The molecule has 0 amide bonds. The Kier molecular flexibility index (Phi) is 3.45. The summed E-state index contributed by atoms with van der Waals surface area (Å²) in [5.74, 6) is 1.95. The lowest BCUT2D eigenvalue weighted by atomic mass is 9.92. The summed E-state index contributed by atoms with van der Waals surface area (Å²) >= 11 is 0. The van der Waals surface area contributed by atoms with E-state index in [0.29, 0.717) is 0 Å². The van der Waals surface area contributed by atoms with Crippen LogP contribution in [0, 0.1) is 11.8 Å². The Balaban J connectivity index is 1.71. The van der Waals surface area contributed by atoms with Gasteiger partial charge in [0.25, 0.3) is 0 Å². The van der Waals surface area contributed by atoms with Gasteiger partial charge in [0.1, 0.15) is 0 Å². The zero-order valence-corrected chi connectivity index (χ0v) is 9.41. The molecule has 1 aliphatic carbocycles. The maximum atomic E-state index is 5.60. The lowest BCUT2D eigenvalue weighted by Gasteiger charge is -2.36. The Morgan fingerprint density at radius 2 is 1.86 bits per heavy atom. The van der Waals surface area contributed by atoms with Gasteiger partial charge in [0.2, 0.25) is 0 Å². The van der Waals surface area contributed by atoms with Crippen LogP contribution in [-0.4, -0.2) is 30.6 Å². The van der Waals surface area contributed by atoms with Crippen LogP contribution in [0.3, 0.4) is 0 Å². The van der Waals surface area contributed by atoms with Crippen molar-refractivity contribution in [2.45, 2.75) is 45.1 Å². The molecular weight excluding hydrogens is 172 g/mol. The standard InChI is InChI=1S/C12H24N2/c1-10(12-2-3-12)14-8-5-11(4-7-13)6-9-14/h10-12H,2-9,13H2,1H3. The number of hydrogen-bond donors (Lipinski definition) is 1. The lowest BCUT2D eigenvalue weighted by Crippen LogP contribution is -2.41. The first-order valence-electron chi connectivity index (χ1n) is 6.25. The molecule has 0 spiro atoms. The Labute approximate surface area is 87.8 Å². The summed E-state index contributed by atoms with van der Waals surface area (Å²) in [6.07, 6.45) is 6.96. The highest BCUT2D eigenvalue weighted by Gasteiger charge is 2.33. The monoisotopic (exact) mass is 196 g/mol. The van der Waals surface area contributed by atoms with E-state index < -0.39 is 0 Å². The molecule has 0 aromatic heterocycles. The SMILES string of the molecule is CC(C1CC1)N1CCC(CCN)CC1. The topological polar surface area (TPSA) is 29.3 Å². The minimum Gasteiger partial charge on any atom is -0.330 e. The van der Waals surface area contributed by atoms with Crippen LogP contribution in [-0.2, 0) is 0 Å². The second-order valence-electron chi connectivity index (χ2n) is 5.13. The van der Waals surface area contributed by atoms with Crippen LogP contribution in [0.2, 0.25) is 0 Å². The summed E-state index contributed by atoms with van der Waals surface area (Å²) in [5.41, 5.74) is 5.60. The van der Waals surface area contributed by atoms with Gasteiger partial charge in [-0.05, 0) is 70.5 Å². The van der Waals surface area contributed by atoms with Gasteiger partial charge in [-0.3, -0.25) is 0 Å². The summed E-state index contributed by atoms with van der Waals surface area (Å²) in [5, 5.41) is 0. The average molecular weight is 196 g/mol. The van der Waals surface area contributed by atoms with Gasteiger partial charge in [-0.1, -0.05) is 0 Å². The van der Waals surface area contributed by atoms with Gasteiger partial charge in [0.15, 0.2) is 0 Å². The number of likely N-dealkylation sites (tertiary alicyclic amines) is 1. The summed E-state index contributed by atoms with van der Waals surface area (Å²) in [4.78, 5) is 2.70. The number of piperidine rings is 1. The number of hydrogen-bond acceptors (Lipinski definition) is 2. The van der Waals surface area contributed by atoms with E-state index in [1.165, 1.54) is 45.2 Å². The molecule has 1 unspecified atom stereocenters. The molecule has 1 saturated carbocycles. The van der Waals surface area contributed by atoms with E-state index in [1.54, 1.807) is 0 Å². The zero-order valence-electron chi connectivity index (χ0n) is 9.41. The molecular formula is C12H24N2. The molecule has 0 aromatic rings. The van der Waals surface area contributed by atoms with Crippen LogP contribution in [0.5, 0.6) is 0 Å². The molecule has 2 fully saturated rings. The van der Waals surface area contributed by atoms with Crippen molar-refractivity contribution in [2.75, 3.05) is 19.6 Å². The van der Waals surface area contributed by atoms with E-state index in [0.717, 1.165) is 24.4 Å². The molecule has 1 atom stereocenters. The minimum atomic E-state index is 0.855. The van der Waals surface area contributed by atoms with Crippen molar-refractivity contribution in [1.82, 2.24) is 4.90 Å². The second-order valence-corrected chi connectivity index (χ2v) is 5.13. The highest BCUT2D eigenvalue weighted by molar-refractivity contribution is 4.87. The van der Waals surface area contributed by atoms with Gasteiger partial charge in [-0.25, -0.2) is 0 Å². The molecule has 1 saturated heterocycles. The van der Waals surface area contributed by atoms with Crippen molar-refractivity contribution < 1.29 is 0 Å². The predicted molar refractivity (Wildman–Crippen MR) is 60.2 cm³/mol. The Bertz CT molecular complexity index is 169. The fraction of sp³-hybridized carbons (Fsp3) is 1.00. The highest BCUT2D eigenvalue weighted by atomic mass is 15.2. The Hall–Kier alpha value is -0.0800. The molecule has 2 rings (SSSR count). The predicted octanol–water partition coefficient (Wildman–Crippen LogP) is 1.85. The van der Waals surface area contributed by atoms with Crippen molar-refractivity contribution in [2.24, 2.45) is 17.6 Å². The average Bonchev–Trinajstić information content (AvgIpc) is 3.02. The molecule has 1 heterocycles. The van der Waals surface area contributed by atoms with Gasteiger partial charge in [0.05, 0.1) is 0 Å². The van der Waals surface area contributed by atoms with Gasteiger partial charge in [-0.2, -0.15) is 0 Å². The van der Waals surface area contributed by atoms with Crippen molar-refractivity contribution in [3.05, 3.63) is 0 Å². The highest BCUT2D eigenvalue weighted by Crippen LogP contribution is 2.36. The van der Waals surface area contributed by atoms with E-state index in [2.05, 4.69) is 11.8 Å². The maximum Gasteiger partial charge on any atom is 0.00951 e. The molecule has 2 N–H and O–H groups in total. The van der Waals surface area contributed by atoms with Crippen LogP contribution >= 0.6 is 0 Å². The van der Waals surface area contributed by atoms with E-state index in [-0.39, 0.29) is 0 Å². The van der Waals surface area contributed by atoms with Crippen LogP contribution in [0.15, 0.2) is 0 Å². The third kappa shape index (κ3) is 2.48. The van der Waals surface area contributed by atoms with Crippen molar-refractivity contribution in [3.8, 4) is 0 Å². The molecule has 2 aliphatic rings. The number of nitrogens with zero attached hydrogens (tertiary/aromatic N) is 1. The number of nitrogens with two attached hydrogens (primary N) is 1. The van der Waals surface area contributed by atoms with E-state index in [1.807, 2.05) is 0 Å². The van der Waals surface area contributed by atoms with Gasteiger partial charge >= 0.3 is 0 Å². The van der Waals surface area contributed by atoms with E-state index in [4.69, 9.17) is 5.73 Å². The van der Waals surface area contributed by atoms with Gasteiger partial charge < -0.3 is 10.6 Å². The molecule has 2 nitrogen and oxygen atoms in total. The molecule has 82 valence electrons. The Morgan fingerprint density at radius 1 is 1.21 bits per heavy atom. The largest absolute Gasteiger partial charge is 0.330 e. The summed E-state index contributed by atoms with van der Waals surface area (Å²) in [7, 11) is 0. The minimum absolute atomic E-state index is 0.855. The quantitative estimate of drug-likeness (QED) is 0.743. The van der Waals surface area contributed by atoms with Crippen LogP contribution in [0.25, 0.3) is 0 Å². The molecule has 0 radical (unpaired) electrons. The second kappa shape index (κ2) is 4.63. The molecule has 0 aromatic carbocycles. The van der Waals surface area contributed by atoms with E-state index in [9.17, 15) is 0 Å². The lowest BCUT2D eigenvalue weighted by molar-refractivity contribution is 0.126. The molecule has 0 bridgehead atoms. The van der Waals surface area contributed by atoms with Crippen molar-refractivity contribution in [1.29, 1.82) is 0 Å². The third-order valence-corrected chi connectivity index (χ3v) is 4.10. The zero-order chi connectivity index (χ0) is 9.97. The fourth-order valence-corrected chi connectivity index (χ4v) is 2.76. The molecule has 1 aliphatic heterocycles. The first-order chi connectivity index (χ1) is 6.81. The van der Waals surface area contributed by atoms with Gasteiger partial charge in [-0.15, -0.1) is 0 Å². The van der Waals surface area contributed by atoms with E-state index >= 15 is 0 Å². The Morgan fingerprint density at radius 3 is 2.36 bits per heavy atom. The van der Waals surface area contributed by atoms with Crippen LogP contribution < -0.4 is 5.73 Å². The molecule has 2 heteroatoms. The van der Waals surface area contributed by atoms with Crippen LogP contribution in [0.4, 0.5) is 0 Å². The van der Waals surface area contributed by atoms with Crippen molar-refractivity contribution in [3.63, 3.8) is 0 Å². The van der Waals surface area contributed by atoms with Gasteiger partial charge in [0, 0.05) is 6.04 Å². The summed E-state index contributed by atoms with van der Waals surface area (Å²) < 4.78 is 0. The smallest absolute Gasteiger partial charge is 0.00951 e. The third-order valence-electron chi connectivity index (χ3n) is 4.10. The first-order valence-corrected chi connectivity index (χ1v) is 6.25. The van der Waals surface area contributed by atoms with Crippen molar-refractivity contribution >= 4 is 0 Å². The normalized spacial score (nSPS) is 27.9. The summed E-state index contributed by atoms with van der Waals surface area (Å²) in [6.45, 7) is 5.94. The first kappa shape index (κ1) is 10.4. The van der Waals surface area contributed by atoms with Crippen LogP contribution in [0.1, 0.15) is 39.0 Å². The summed E-state index contributed by atoms with van der Waals surface area (Å²) in [6, 6.07) is 0.855. The maximum absolute atomic E-state index is 5.60. The number of rotatable bonds is 4. The molecule has 14 heavy (non-hydrogen) atoms.